The van der Waals surface area contributed by atoms with Gasteiger partial charge < -0.3 is 21.4 Å². The van der Waals surface area contributed by atoms with Crippen molar-refractivity contribution >= 4 is 12.3 Å². The molecule has 0 amide bonds. The molecule has 30 heavy (non-hydrogen) atoms. The molecule has 0 aliphatic rings. The van der Waals surface area contributed by atoms with E-state index in [9.17, 15) is 9.59 Å². The summed E-state index contributed by atoms with van der Waals surface area (Å²) in [5.74, 6) is -0.933. The van der Waals surface area contributed by atoms with Gasteiger partial charge in [-0.1, -0.05) is 83.3 Å². The minimum Gasteiger partial charge on any atom is -0.542 e. The van der Waals surface area contributed by atoms with Crippen LogP contribution in [0.3, 0.4) is 0 Å². The Kier molecular flexibility index (Phi) is 35.5. The van der Waals surface area contributed by atoms with Crippen molar-refractivity contribution in [2.45, 2.75) is 122 Å². The van der Waals surface area contributed by atoms with E-state index in [0.717, 1.165) is 19.3 Å². The van der Waals surface area contributed by atoms with Crippen LogP contribution < -0.4 is 41.0 Å². The molecule has 5 N–H and O–H groups in total. The predicted octanol–water partition coefficient (Wildman–Crippen LogP) is 2.66. The summed E-state index contributed by atoms with van der Waals surface area (Å²) in [6.45, 7) is 2.87. The first-order chi connectivity index (χ1) is 14.1. The van der Waals surface area contributed by atoms with Gasteiger partial charge >= 0.3 is 35.5 Å². The number of aliphatic carboxylic acids is 1. The van der Waals surface area contributed by atoms with Crippen molar-refractivity contribution in [1.82, 2.24) is 0 Å². The molecule has 0 bridgehead atoms. The topological polar surface area (TPSA) is 106 Å². The van der Waals surface area contributed by atoms with Gasteiger partial charge in [0.1, 0.15) is 6.04 Å². The molecule has 0 heterocycles. The van der Waals surface area contributed by atoms with Crippen LogP contribution in [0, 0.1) is 0 Å². The van der Waals surface area contributed by atoms with E-state index in [0.29, 0.717) is 19.4 Å². The third-order valence-corrected chi connectivity index (χ3v) is 4.83. The van der Waals surface area contributed by atoms with Gasteiger partial charge in [-0.3, -0.25) is 11.1 Å². The van der Waals surface area contributed by atoms with Crippen molar-refractivity contribution in [2.24, 2.45) is 11.5 Å². The molecule has 0 rings (SSSR count). The molecule has 0 aromatic heterocycles. The zero-order valence-electron chi connectivity index (χ0n) is 19.9. The summed E-state index contributed by atoms with van der Waals surface area (Å²) in [5.41, 5.74) is 10.4. The maximum atomic E-state index is 10.1. The van der Waals surface area contributed by atoms with Crippen molar-refractivity contribution < 1.29 is 44.3 Å². The molecule has 0 spiro atoms. The van der Waals surface area contributed by atoms with Crippen molar-refractivity contribution in [3.05, 3.63) is 12.2 Å². The van der Waals surface area contributed by atoms with Crippen LogP contribution in [-0.4, -0.2) is 29.9 Å². The fraction of sp³-hybridized carbons (Fsp3) is 0.833. The van der Waals surface area contributed by atoms with Crippen LogP contribution >= 0.6 is 0 Å². The minimum atomic E-state index is -0.933. The molecule has 0 saturated carbocycles. The van der Waals surface area contributed by atoms with Gasteiger partial charge in [0.2, 0.25) is 0 Å². The Bertz CT molecular complexity index is 379. The van der Waals surface area contributed by atoms with Gasteiger partial charge in [0.05, 0.1) is 0 Å². The summed E-state index contributed by atoms with van der Waals surface area (Å²) in [4.78, 5) is 20.1. The van der Waals surface area contributed by atoms with Crippen LogP contribution in [0.4, 0.5) is 0 Å². The largest absolute Gasteiger partial charge is 1.00 e. The third kappa shape index (κ3) is 32.5. The number of unbranched alkanes of at least 4 members (excludes halogenated alkanes) is 13. The molecule has 0 aromatic carbocycles. The fourth-order valence-electron chi connectivity index (χ4n) is 2.90. The first-order valence-corrected chi connectivity index (χ1v) is 11.8. The summed E-state index contributed by atoms with van der Waals surface area (Å²) in [7, 11) is 0. The zero-order chi connectivity index (χ0) is 22.0. The molecular formula is C24H47N2NaO3. The van der Waals surface area contributed by atoms with E-state index < -0.39 is 12.0 Å². The van der Waals surface area contributed by atoms with Crippen LogP contribution in [-0.2, 0) is 9.59 Å². The molecule has 0 aliphatic carbocycles. The maximum absolute atomic E-state index is 10.1. The number of nitrogens with two attached hydrogens (primary N) is 2. The summed E-state index contributed by atoms with van der Waals surface area (Å²) < 4.78 is 0. The van der Waals surface area contributed by atoms with Crippen LogP contribution in [0.25, 0.3) is 0 Å². The summed E-state index contributed by atoms with van der Waals surface area (Å²) in [6.07, 6.45) is 26.4. The van der Waals surface area contributed by atoms with E-state index in [1.165, 1.54) is 77.0 Å². The Morgan fingerprint density at radius 2 is 1.37 bits per heavy atom. The van der Waals surface area contributed by atoms with Crippen LogP contribution in [0.5, 0.6) is 0 Å². The number of carbonyl (C=O) groups excluding carboxylic acids is 1. The van der Waals surface area contributed by atoms with Gasteiger partial charge in [0, 0.05) is 0 Å². The summed E-state index contributed by atoms with van der Waals surface area (Å²) >= 11 is 0. The van der Waals surface area contributed by atoms with Gasteiger partial charge in [-0.05, 0) is 45.1 Å². The molecule has 5 nitrogen and oxygen atoms in total. The Morgan fingerprint density at radius 1 is 0.867 bits per heavy atom. The van der Waals surface area contributed by atoms with E-state index in [-0.39, 0.29) is 29.6 Å². The minimum absolute atomic E-state index is 0. The second-order valence-electron chi connectivity index (χ2n) is 7.71. The van der Waals surface area contributed by atoms with Gasteiger partial charge in [0.15, 0.2) is 0 Å². The molecule has 1 unspecified atom stereocenters. The van der Waals surface area contributed by atoms with Crippen molar-refractivity contribution in [3.63, 3.8) is 0 Å². The van der Waals surface area contributed by atoms with Gasteiger partial charge in [-0.2, -0.15) is 6.42 Å². The Hall–Kier alpha value is -0.200. The number of hydrogen-bond acceptors (Lipinski definition) is 4. The number of allylic oxidation sites excluding steroid dienone is 2. The average molecular weight is 435 g/mol. The first kappa shape index (κ1) is 34.4. The smallest absolute Gasteiger partial charge is 0.542 e. The predicted molar refractivity (Wildman–Crippen MR) is 124 cm³/mol. The molecule has 172 valence electrons. The van der Waals surface area contributed by atoms with Gasteiger partial charge in [0.25, 0.3) is 0 Å². The average Bonchev–Trinajstić information content (AvgIpc) is 2.71. The first-order valence-electron chi connectivity index (χ1n) is 11.8. The second kappa shape index (κ2) is 31.0. The maximum Gasteiger partial charge on any atom is 1.00 e. The molecule has 0 saturated heterocycles. The van der Waals surface area contributed by atoms with Gasteiger partial charge in [-0.25, -0.2) is 0 Å². The Labute approximate surface area is 208 Å². The molecule has 0 radical (unpaired) electrons. The van der Waals surface area contributed by atoms with Crippen LogP contribution in [0.1, 0.15) is 116 Å². The molecular weight excluding hydrogens is 387 g/mol. The Morgan fingerprint density at radius 3 is 1.83 bits per heavy atom. The molecule has 0 aromatic rings. The summed E-state index contributed by atoms with van der Waals surface area (Å²) in [5, 5.41) is 8.33. The standard InChI is InChI=1S/C18H33O.C6H14N2O2.Na/c1-2-3-4-5-6-7-8-9-10-11-12-13-14-15-16-17-18-19;7-4-2-1-3-5(8)6(9)10;/h9-10H,2-8,11-17H2,1H3;5H,1-4,7-8H2,(H,9,10);/q-1;;+1/b10-9-;;. The molecule has 1 atom stereocenters. The fourth-order valence-corrected chi connectivity index (χ4v) is 2.90. The number of carbonyl (C=O) groups is 1. The van der Waals surface area contributed by atoms with E-state index >= 15 is 0 Å². The quantitative estimate of drug-likeness (QED) is 0.118. The molecule has 0 aliphatic heterocycles. The van der Waals surface area contributed by atoms with E-state index in [2.05, 4.69) is 19.1 Å². The SMILES string of the molecule is CCCCCCCC/C=C\CCCCCCC[C-]=O.NCCCCC(N)C(=O)O.[Na+]. The van der Waals surface area contributed by atoms with Crippen molar-refractivity contribution in [2.75, 3.05) is 6.54 Å². The Balaban J connectivity index is -0.000000563. The van der Waals surface area contributed by atoms with Crippen molar-refractivity contribution in [1.29, 1.82) is 0 Å². The van der Waals surface area contributed by atoms with E-state index in [4.69, 9.17) is 16.6 Å². The van der Waals surface area contributed by atoms with Crippen LogP contribution in [0.15, 0.2) is 12.2 Å². The van der Waals surface area contributed by atoms with Gasteiger partial charge in [-0.15, -0.1) is 0 Å². The monoisotopic (exact) mass is 434 g/mol. The number of carboxylic acid groups (broad SMARTS) is 1. The number of rotatable bonds is 20. The van der Waals surface area contributed by atoms with E-state index in [1.807, 2.05) is 6.29 Å². The second-order valence-corrected chi connectivity index (χ2v) is 7.71. The molecule has 0 fully saturated rings. The number of carboxylic acids is 1. The summed E-state index contributed by atoms with van der Waals surface area (Å²) in [6, 6.07) is -0.716. The zero-order valence-corrected chi connectivity index (χ0v) is 21.9. The van der Waals surface area contributed by atoms with Crippen LogP contribution in [0.2, 0.25) is 0 Å². The normalized spacial score (nSPS) is 11.4. The van der Waals surface area contributed by atoms with E-state index in [1.54, 1.807) is 0 Å². The third-order valence-electron chi connectivity index (χ3n) is 4.83. The number of hydrogen-bond donors (Lipinski definition) is 3. The molecule has 6 heteroatoms. The van der Waals surface area contributed by atoms with Crippen molar-refractivity contribution in [3.8, 4) is 0 Å².